The van der Waals surface area contributed by atoms with Crippen LogP contribution in [0.2, 0.25) is 0 Å². The number of hydrogen-bond donors (Lipinski definition) is 1. The second kappa shape index (κ2) is 3.88. The lowest BCUT2D eigenvalue weighted by molar-refractivity contribution is 0.0948. The van der Waals surface area contributed by atoms with Crippen molar-refractivity contribution < 1.29 is 9.18 Å². The standard InChI is InChI=1S/C11H12FNO/c12-9-5-2-1-4-8(9)11(14)10-6-3-7-13-10/h1-2,4-5,10,13H,3,6-7H2. The molecule has 1 aliphatic rings. The number of hydrogen-bond acceptors (Lipinski definition) is 2. The van der Waals surface area contributed by atoms with Crippen LogP contribution >= 0.6 is 0 Å². The van der Waals surface area contributed by atoms with Crippen molar-refractivity contribution >= 4 is 5.78 Å². The summed E-state index contributed by atoms with van der Waals surface area (Å²) >= 11 is 0. The molecule has 1 heterocycles. The van der Waals surface area contributed by atoms with Crippen molar-refractivity contribution in [3.05, 3.63) is 35.6 Å². The molecule has 74 valence electrons. The van der Waals surface area contributed by atoms with E-state index in [9.17, 15) is 9.18 Å². The van der Waals surface area contributed by atoms with Crippen LogP contribution in [0.4, 0.5) is 4.39 Å². The van der Waals surface area contributed by atoms with Crippen molar-refractivity contribution in [3.63, 3.8) is 0 Å². The van der Waals surface area contributed by atoms with E-state index >= 15 is 0 Å². The van der Waals surface area contributed by atoms with Crippen molar-refractivity contribution in [2.45, 2.75) is 18.9 Å². The number of rotatable bonds is 2. The molecule has 0 saturated carbocycles. The molecule has 3 heteroatoms. The van der Waals surface area contributed by atoms with Crippen LogP contribution in [-0.2, 0) is 0 Å². The maximum Gasteiger partial charge on any atom is 0.182 e. The zero-order chi connectivity index (χ0) is 9.97. The van der Waals surface area contributed by atoms with Crippen molar-refractivity contribution in [3.8, 4) is 0 Å². The van der Waals surface area contributed by atoms with Gasteiger partial charge in [-0.3, -0.25) is 4.79 Å². The van der Waals surface area contributed by atoms with E-state index in [0.717, 1.165) is 19.4 Å². The normalized spacial score (nSPS) is 21.1. The van der Waals surface area contributed by atoms with Crippen LogP contribution < -0.4 is 5.32 Å². The largest absolute Gasteiger partial charge is 0.307 e. The number of nitrogens with one attached hydrogen (secondary N) is 1. The first kappa shape index (κ1) is 9.34. The molecule has 1 saturated heterocycles. The molecule has 0 spiro atoms. The third-order valence-electron chi connectivity index (χ3n) is 2.52. The van der Waals surface area contributed by atoms with Crippen LogP contribution in [0, 0.1) is 5.82 Å². The molecule has 0 bridgehead atoms. The molecule has 1 N–H and O–H groups in total. The summed E-state index contributed by atoms with van der Waals surface area (Å²) in [6.45, 7) is 0.852. The fourth-order valence-electron chi connectivity index (χ4n) is 1.76. The van der Waals surface area contributed by atoms with Crippen LogP contribution in [0.3, 0.4) is 0 Å². The fourth-order valence-corrected chi connectivity index (χ4v) is 1.76. The van der Waals surface area contributed by atoms with Crippen LogP contribution in [0.5, 0.6) is 0 Å². The van der Waals surface area contributed by atoms with Gasteiger partial charge < -0.3 is 5.32 Å². The molecule has 14 heavy (non-hydrogen) atoms. The molecule has 1 fully saturated rings. The molecular weight excluding hydrogens is 181 g/mol. The summed E-state index contributed by atoms with van der Waals surface area (Å²) in [5, 5.41) is 3.07. The first-order valence-electron chi connectivity index (χ1n) is 4.81. The van der Waals surface area contributed by atoms with Crippen molar-refractivity contribution in [1.29, 1.82) is 0 Å². The zero-order valence-corrected chi connectivity index (χ0v) is 7.79. The maximum atomic E-state index is 13.2. The molecule has 1 aromatic carbocycles. The van der Waals surface area contributed by atoms with Gasteiger partial charge in [-0.2, -0.15) is 0 Å². The van der Waals surface area contributed by atoms with Gasteiger partial charge in [0.15, 0.2) is 5.78 Å². The Balaban J connectivity index is 2.22. The Bertz CT molecular complexity index is 345. The van der Waals surface area contributed by atoms with Crippen LogP contribution in [-0.4, -0.2) is 18.4 Å². The molecular formula is C11H12FNO. The smallest absolute Gasteiger partial charge is 0.182 e. The van der Waals surface area contributed by atoms with Gasteiger partial charge in [-0.25, -0.2) is 4.39 Å². The van der Waals surface area contributed by atoms with E-state index in [-0.39, 0.29) is 17.4 Å². The van der Waals surface area contributed by atoms with E-state index < -0.39 is 5.82 Å². The lowest BCUT2D eigenvalue weighted by Crippen LogP contribution is -2.31. The fraction of sp³-hybridized carbons (Fsp3) is 0.364. The first-order valence-corrected chi connectivity index (χ1v) is 4.81. The Morgan fingerprint density at radius 2 is 2.21 bits per heavy atom. The SMILES string of the molecule is O=C(c1ccccc1F)C1CCCN1. The summed E-state index contributed by atoms with van der Waals surface area (Å²) in [4.78, 5) is 11.8. The van der Waals surface area contributed by atoms with E-state index in [0.29, 0.717) is 0 Å². The molecule has 1 unspecified atom stereocenters. The van der Waals surface area contributed by atoms with Gasteiger partial charge in [-0.15, -0.1) is 0 Å². The molecule has 0 aliphatic carbocycles. The minimum Gasteiger partial charge on any atom is -0.307 e. The summed E-state index contributed by atoms with van der Waals surface area (Å²) in [5.74, 6) is -0.549. The van der Waals surface area contributed by atoms with E-state index in [2.05, 4.69) is 5.32 Å². The van der Waals surface area contributed by atoms with Gasteiger partial charge in [0.05, 0.1) is 11.6 Å². The number of carbonyl (C=O) groups excluding carboxylic acids is 1. The minimum absolute atomic E-state index is 0.124. The van der Waals surface area contributed by atoms with E-state index in [1.165, 1.54) is 12.1 Å². The van der Waals surface area contributed by atoms with Gasteiger partial charge >= 0.3 is 0 Å². The number of carbonyl (C=O) groups is 1. The molecule has 2 rings (SSSR count). The predicted molar refractivity (Wildman–Crippen MR) is 51.8 cm³/mol. The van der Waals surface area contributed by atoms with Gasteiger partial charge in [0, 0.05) is 0 Å². The highest BCUT2D eigenvalue weighted by atomic mass is 19.1. The third-order valence-corrected chi connectivity index (χ3v) is 2.52. The van der Waals surface area contributed by atoms with Crippen molar-refractivity contribution in [2.24, 2.45) is 0 Å². The average Bonchev–Trinajstić information content (AvgIpc) is 2.70. The molecule has 2 nitrogen and oxygen atoms in total. The third kappa shape index (κ3) is 1.68. The quantitative estimate of drug-likeness (QED) is 0.725. The van der Waals surface area contributed by atoms with Crippen molar-refractivity contribution in [2.75, 3.05) is 6.54 Å². The van der Waals surface area contributed by atoms with Gasteiger partial charge in [-0.1, -0.05) is 12.1 Å². The summed E-state index contributed by atoms with van der Waals surface area (Å²) in [7, 11) is 0. The lowest BCUT2D eigenvalue weighted by Gasteiger charge is -2.08. The molecule has 1 atom stereocenters. The Morgan fingerprint density at radius 1 is 1.43 bits per heavy atom. The number of benzene rings is 1. The zero-order valence-electron chi connectivity index (χ0n) is 7.79. The monoisotopic (exact) mass is 193 g/mol. The second-order valence-electron chi connectivity index (χ2n) is 3.49. The van der Waals surface area contributed by atoms with Crippen LogP contribution in [0.1, 0.15) is 23.2 Å². The van der Waals surface area contributed by atoms with E-state index in [4.69, 9.17) is 0 Å². The number of Topliss-reactive ketones (excluding diaryl/α,β-unsaturated/α-hetero) is 1. The van der Waals surface area contributed by atoms with Gasteiger partial charge in [0.25, 0.3) is 0 Å². The molecule has 1 aromatic rings. The van der Waals surface area contributed by atoms with E-state index in [1.807, 2.05) is 0 Å². The average molecular weight is 193 g/mol. The van der Waals surface area contributed by atoms with Gasteiger partial charge in [0.1, 0.15) is 5.82 Å². The lowest BCUT2D eigenvalue weighted by atomic mass is 10.0. The van der Waals surface area contributed by atoms with Gasteiger partial charge in [-0.05, 0) is 31.5 Å². The van der Waals surface area contributed by atoms with Crippen LogP contribution in [0.15, 0.2) is 24.3 Å². The highest BCUT2D eigenvalue weighted by Crippen LogP contribution is 2.14. The minimum atomic E-state index is -0.425. The Kier molecular flexibility index (Phi) is 2.59. The summed E-state index contributed by atoms with van der Waals surface area (Å²) in [6.07, 6.45) is 1.80. The number of halogens is 1. The summed E-state index contributed by atoms with van der Waals surface area (Å²) in [6, 6.07) is 5.95. The van der Waals surface area contributed by atoms with E-state index in [1.54, 1.807) is 12.1 Å². The summed E-state index contributed by atoms with van der Waals surface area (Å²) in [5.41, 5.74) is 0.201. The molecule has 0 radical (unpaired) electrons. The van der Waals surface area contributed by atoms with Gasteiger partial charge in [0.2, 0.25) is 0 Å². The molecule has 0 amide bonds. The maximum absolute atomic E-state index is 13.2. The molecule has 1 aliphatic heterocycles. The Labute approximate surface area is 82.1 Å². The highest BCUT2D eigenvalue weighted by Gasteiger charge is 2.24. The van der Waals surface area contributed by atoms with Crippen LogP contribution in [0.25, 0.3) is 0 Å². The first-order chi connectivity index (χ1) is 6.79. The summed E-state index contributed by atoms with van der Waals surface area (Å²) < 4.78 is 13.2. The Hall–Kier alpha value is -1.22. The van der Waals surface area contributed by atoms with Crippen molar-refractivity contribution in [1.82, 2.24) is 5.32 Å². The topological polar surface area (TPSA) is 29.1 Å². The molecule has 0 aromatic heterocycles. The second-order valence-corrected chi connectivity index (χ2v) is 3.49. The highest BCUT2D eigenvalue weighted by molar-refractivity contribution is 6.00. The predicted octanol–water partition coefficient (Wildman–Crippen LogP) is 1.76. The Morgan fingerprint density at radius 3 is 2.86 bits per heavy atom. The number of ketones is 1.